The number of carbonyl (C=O) groups is 1. The lowest BCUT2D eigenvalue weighted by Crippen LogP contribution is -2.42. The number of carbonyl (C=O) groups excluding carboxylic acids is 1. The van der Waals surface area contributed by atoms with E-state index in [1.54, 1.807) is 13.0 Å². The van der Waals surface area contributed by atoms with E-state index in [4.69, 9.17) is 0 Å². The monoisotopic (exact) mass is 280 g/mol. The molecule has 3 nitrogen and oxygen atoms in total. The van der Waals surface area contributed by atoms with Crippen LogP contribution in [0.15, 0.2) is 18.2 Å². The summed E-state index contributed by atoms with van der Waals surface area (Å²) < 4.78 is 13.2. The number of halogens is 1. The molecule has 0 radical (unpaired) electrons. The van der Waals surface area contributed by atoms with Crippen LogP contribution in [0.3, 0.4) is 0 Å². The maximum atomic E-state index is 13.2. The second-order valence-electron chi connectivity index (χ2n) is 5.65. The van der Waals surface area contributed by atoms with E-state index in [9.17, 15) is 9.18 Å². The third-order valence-electron chi connectivity index (χ3n) is 3.40. The highest BCUT2D eigenvalue weighted by molar-refractivity contribution is 5.94. The minimum absolute atomic E-state index is 0.152. The van der Waals surface area contributed by atoms with Gasteiger partial charge >= 0.3 is 0 Å². The van der Waals surface area contributed by atoms with Crippen LogP contribution < -0.4 is 5.32 Å². The third kappa shape index (κ3) is 4.60. The number of nitrogens with one attached hydrogen (secondary N) is 1. The standard InChI is InChI=1S/C16H25FN2O/c1-11(2)19(12(3)4)9-8-18-16(20)14-6-7-15(17)13(5)10-14/h6-7,10-12H,8-9H2,1-5H3,(H,18,20). The lowest BCUT2D eigenvalue weighted by Gasteiger charge is -2.30. The van der Waals surface area contributed by atoms with E-state index < -0.39 is 0 Å². The predicted molar refractivity (Wildman–Crippen MR) is 80.4 cm³/mol. The van der Waals surface area contributed by atoms with Crippen LogP contribution in [0.1, 0.15) is 43.6 Å². The molecule has 0 fully saturated rings. The van der Waals surface area contributed by atoms with Gasteiger partial charge in [-0.1, -0.05) is 0 Å². The summed E-state index contributed by atoms with van der Waals surface area (Å²) in [7, 11) is 0. The van der Waals surface area contributed by atoms with Gasteiger partial charge in [-0.15, -0.1) is 0 Å². The number of amides is 1. The Bertz CT molecular complexity index is 450. The second kappa shape index (κ2) is 7.39. The van der Waals surface area contributed by atoms with Crippen LogP contribution in [0.4, 0.5) is 4.39 Å². The number of rotatable bonds is 6. The molecule has 1 N–H and O–H groups in total. The Morgan fingerprint density at radius 2 is 1.85 bits per heavy atom. The molecule has 0 bridgehead atoms. The van der Waals surface area contributed by atoms with Crippen molar-refractivity contribution in [2.24, 2.45) is 0 Å². The van der Waals surface area contributed by atoms with E-state index in [2.05, 4.69) is 37.9 Å². The van der Waals surface area contributed by atoms with Crippen molar-refractivity contribution in [3.05, 3.63) is 35.1 Å². The van der Waals surface area contributed by atoms with Crippen LogP contribution in [0, 0.1) is 12.7 Å². The molecule has 0 aliphatic rings. The highest BCUT2D eigenvalue weighted by atomic mass is 19.1. The van der Waals surface area contributed by atoms with E-state index in [1.807, 2.05) is 0 Å². The van der Waals surface area contributed by atoms with Gasteiger partial charge in [0.05, 0.1) is 0 Å². The van der Waals surface area contributed by atoms with Crippen LogP contribution in [0.5, 0.6) is 0 Å². The molecule has 1 rings (SSSR count). The van der Waals surface area contributed by atoms with E-state index in [-0.39, 0.29) is 11.7 Å². The molecule has 0 spiro atoms. The Hall–Kier alpha value is -1.42. The van der Waals surface area contributed by atoms with Crippen LogP contribution in [-0.4, -0.2) is 36.0 Å². The Balaban J connectivity index is 2.53. The Morgan fingerprint density at radius 1 is 1.25 bits per heavy atom. The lowest BCUT2D eigenvalue weighted by molar-refractivity contribution is 0.0939. The molecule has 4 heteroatoms. The maximum Gasteiger partial charge on any atom is 0.251 e. The molecule has 0 aromatic heterocycles. The molecule has 1 aromatic rings. The summed E-state index contributed by atoms with van der Waals surface area (Å²) in [5.74, 6) is -0.437. The number of nitrogens with zero attached hydrogens (tertiary/aromatic N) is 1. The summed E-state index contributed by atoms with van der Waals surface area (Å²) in [4.78, 5) is 14.3. The van der Waals surface area contributed by atoms with Gasteiger partial charge < -0.3 is 5.32 Å². The predicted octanol–water partition coefficient (Wildman–Crippen LogP) is 2.98. The molecule has 20 heavy (non-hydrogen) atoms. The van der Waals surface area contributed by atoms with Gasteiger partial charge in [0.25, 0.3) is 5.91 Å². The number of hydrogen-bond donors (Lipinski definition) is 1. The van der Waals surface area contributed by atoms with Crippen molar-refractivity contribution < 1.29 is 9.18 Å². The average Bonchev–Trinajstić information content (AvgIpc) is 2.36. The van der Waals surface area contributed by atoms with Crippen LogP contribution in [0.25, 0.3) is 0 Å². The fourth-order valence-corrected chi connectivity index (χ4v) is 2.30. The summed E-state index contributed by atoms with van der Waals surface area (Å²) in [6, 6.07) is 5.31. The van der Waals surface area contributed by atoms with E-state index >= 15 is 0 Å². The lowest BCUT2D eigenvalue weighted by atomic mass is 10.1. The average molecular weight is 280 g/mol. The molecule has 0 aliphatic carbocycles. The van der Waals surface area contributed by atoms with Crippen LogP contribution in [-0.2, 0) is 0 Å². The molecule has 0 unspecified atom stereocenters. The molecular weight excluding hydrogens is 255 g/mol. The van der Waals surface area contributed by atoms with Crippen molar-refractivity contribution in [2.75, 3.05) is 13.1 Å². The van der Waals surface area contributed by atoms with Gasteiger partial charge in [0.1, 0.15) is 5.82 Å². The van der Waals surface area contributed by atoms with Gasteiger partial charge in [-0.3, -0.25) is 9.69 Å². The molecule has 1 aromatic carbocycles. The van der Waals surface area contributed by atoms with Gasteiger partial charge in [0.15, 0.2) is 0 Å². The topological polar surface area (TPSA) is 32.3 Å². The van der Waals surface area contributed by atoms with Gasteiger partial charge in [0, 0.05) is 30.7 Å². The minimum Gasteiger partial charge on any atom is -0.351 e. The van der Waals surface area contributed by atoms with Crippen molar-refractivity contribution in [1.82, 2.24) is 10.2 Å². The zero-order chi connectivity index (χ0) is 15.3. The van der Waals surface area contributed by atoms with E-state index in [0.29, 0.717) is 29.8 Å². The molecule has 0 saturated carbocycles. The van der Waals surface area contributed by atoms with E-state index in [0.717, 1.165) is 6.54 Å². The molecule has 112 valence electrons. The SMILES string of the molecule is Cc1cc(C(=O)NCCN(C(C)C)C(C)C)ccc1F. The quantitative estimate of drug-likeness (QED) is 0.869. The summed E-state index contributed by atoms with van der Waals surface area (Å²) in [5, 5.41) is 2.88. The van der Waals surface area contributed by atoms with Gasteiger partial charge in [-0.05, 0) is 58.4 Å². The third-order valence-corrected chi connectivity index (χ3v) is 3.40. The van der Waals surface area contributed by atoms with Crippen molar-refractivity contribution >= 4 is 5.91 Å². The highest BCUT2D eigenvalue weighted by Gasteiger charge is 2.13. The molecule has 0 saturated heterocycles. The van der Waals surface area contributed by atoms with Gasteiger partial charge in [0.2, 0.25) is 0 Å². The summed E-state index contributed by atoms with van der Waals surface area (Å²) in [6.45, 7) is 11.6. The first-order valence-corrected chi connectivity index (χ1v) is 7.13. The molecule has 0 heterocycles. The van der Waals surface area contributed by atoms with Crippen molar-refractivity contribution in [3.63, 3.8) is 0 Å². The highest BCUT2D eigenvalue weighted by Crippen LogP contribution is 2.09. The van der Waals surface area contributed by atoms with Crippen molar-refractivity contribution in [3.8, 4) is 0 Å². The molecule has 0 atom stereocenters. The summed E-state index contributed by atoms with van der Waals surface area (Å²) in [5.41, 5.74) is 0.994. The Labute approximate surface area is 121 Å². The van der Waals surface area contributed by atoms with E-state index in [1.165, 1.54) is 12.1 Å². The van der Waals surface area contributed by atoms with Gasteiger partial charge in [-0.25, -0.2) is 4.39 Å². The van der Waals surface area contributed by atoms with Crippen molar-refractivity contribution in [2.45, 2.75) is 46.7 Å². The molecule has 1 amide bonds. The number of benzene rings is 1. The number of hydrogen-bond acceptors (Lipinski definition) is 2. The second-order valence-corrected chi connectivity index (χ2v) is 5.65. The smallest absolute Gasteiger partial charge is 0.251 e. The summed E-state index contributed by atoms with van der Waals surface area (Å²) in [6.07, 6.45) is 0. The zero-order valence-electron chi connectivity index (χ0n) is 13.0. The van der Waals surface area contributed by atoms with Crippen LogP contribution in [0.2, 0.25) is 0 Å². The largest absolute Gasteiger partial charge is 0.351 e. The fraction of sp³-hybridized carbons (Fsp3) is 0.562. The van der Waals surface area contributed by atoms with Crippen LogP contribution >= 0.6 is 0 Å². The normalized spacial score (nSPS) is 11.4. The first-order valence-electron chi connectivity index (χ1n) is 7.13. The summed E-state index contributed by atoms with van der Waals surface area (Å²) >= 11 is 0. The number of aryl methyl sites for hydroxylation is 1. The molecule has 0 aliphatic heterocycles. The minimum atomic E-state index is -0.285. The zero-order valence-corrected chi connectivity index (χ0v) is 13.0. The first kappa shape index (κ1) is 16.6. The van der Waals surface area contributed by atoms with Crippen molar-refractivity contribution in [1.29, 1.82) is 0 Å². The van der Waals surface area contributed by atoms with Gasteiger partial charge in [-0.2, -0.15) is 0 Å². The Kier molecular flexibility index (Phi) is 6.14. The maximum absolute atomic E-state index is 13.2. The Morgan fingerprint density at radius 3 is 2.35 bits per heavy atom. The first-order chi connectivity index (χ1) is 9.32. The fourth-order valence-electron chi connectivity index (χ4n) is 2.30. The molecular formula is C16H25FN2O.